The second kappa shape index (κ2) is 14.4. The molecule has 0 unspecified atom stereocenters. The van der Waals surface area contributed by atoms with E-state index in [1.807, 2.05) is 0 Å². The topological polar surface area (TPSA) is 69.2 Å². The average molecular weight is 393 g/mol. The molecule has 4 heteroatoms. The average Bonchev–Trinajstić information content (AvgIpc) is 1.94. The van der Waals surface area contributed by atoms with Crippen molar-refractivity contribution in [3.05, 3.63) is 10.2 Å². The van der Waals surface area contributed by atoms with Crippen molar-refractivity contribution in [1.29, 1.82) is 0 Å². The van der Waals surface area contributed by atoms with Gasteiger partial charge in [0.05, 0.1) is 0 Å². The molecule has 0 heterocycles. The zero-order valence-electron chi connectivity index (χ0n) is 15.1. The second-order valence-electron chi connectivity index (χ2n) is 7.15. The molecule has 0 radical (unpaired) electrons. The summed E-state index contributed by atoms with van der Waals surface area (Å²) < 4.78 is 2.15. The van der Waals surface area contributed by atoms with Gasteiger partial charge >= 0.3 is 46.0 Å². The Morgan fingerprint density at radius 2 is 0.850 bits per heavy atom. The Hall–Kier alpha value is 0.419. The third-order valence-corrected chi connectivity index (χ3v) is 1.03. The van der Waals surface area contributed by atoms with Crippen LogP contribution < -0.4 is 15.3 Å². The molecule has 0 aromatic heterocycles. The summed E-state index contributed by atoms with van der Waals surface area (Å²) in [5, 5.41) is 30.3. The van der Waals surface area contributed by atoms with Crippen LogP contribution in [0.3, 0.4) is 0 Å². The van der Waals surface area contributed by atoms with Gasteiger partial charge in [-0.2, -0.15) is 0 Å². The van der Waals surface area contributed by atoms with Crippen LogP contribution in [0.2, 0.25) is 0 Å². The zero-order chi connectivity index (χ0) is 17.6. The summed E-state index contributed by atoms with van der Waals surface area (Å²) in [4.78, 5) is 0. The standard InChI is InChI=1S/3C4H9O.C4H7.Sn/c3*1-4(2,3)5;1-3-4-2;/h3*1-3H3;1,3H,4H2,2H3;/q3*-1;;+3. The Morgan fingerprint density at radius 1 is 0.700 bits per heavy atom. The van der Waals surface area contributed by atoms with Gasteiger partial charge in [0.1, 0.15) is 0 Å². The summed E-state index contributed by atoms with van der Waals surface area (Å²) in [5.41, 5.74) is -2.25. The quantitative estimate of drug-likeness (QED) is 0.635. The van der Waals surface area contributed by atoms with Crippen molar-refractivity contribution in [3.8, 4) is 0 Å². The zero-order valence-corrected chi connectivity index (χ0v) is 17.9. The summed E-state index contributed by atoms with van der Waals surface area (Å²) in [7, 11) is 0. The van der Waals surface area contributed by atoms with E-state index in [4.69, 9.17) is 0 Å². The van der Waals surface area contributed by atoms with E-state index in [-0.39, 0.29) is 0 Å². The fraction of sp³-hybridized carbons (Fsp3) is 0.875. The molecular formula is C16H34O3Sn. The molecule has 0 aliphatic rings. The normalized spacial score (nSPS) is 11.6. The fourth-order valence-corrected chi connectivity index (χ4v) is 0.791. The maximum atomic E-state index is 10.1. The van der Waals surface area contributed by atoms with Crippen LogP contribution in [0.1, 0.15) is 75.7 Å². The van der Waals surface area contributed by atoms with Crippen LogP contribution >= 0.6 is 0 Å². The first-order valence-corrected chi connectivity index (χ1v) is 8.50. The van der Waals surface area contributed by atoms with Crippen molar-refractivity contribution < 1.29 is 15.3 Å². The Morgan fingerprint density at radius 3 is 0.850 bits per heavy atom. The molecule has 0 saturated carbocycles. The van der Waals surface area contributed by atoms with Crippen LogP contribution in [-0.2, 0) is 0 Å². The van der Waals surface area contributed by atoms with Crippen LogP contribution in [0.4, 0.5) is 0 Å². The Bertz CT molecular complexity index is 159. The predicted molar refractivity (Wildman–Crippen MR) is 84.4 cm³/mol. The van der Waals surface area contributed by atoms with Crippen molar-refractivity contribution >= 4 is 22.5 Å². The molecule has 0 aromatic rings. The van der Waals surface area contributed by atoms with Gasteiger partial charge in [-0.25, -0.2) is 0 Å². The first kappa shape index (κ1) is 28.6. The van der Waals surface area contributed by atoms with E-state index in [2.05, 4.69) is 17.1 Å². The van der Waals surface area contributed by atoms with Gasteiger partial charge in [-0.3, -0.25) is 0 Å². The van der Waals surface area contributed by atoms with Gasteiger partial charge < -0.3 is 15.3 Å². The van der Waals surface area contributed by atoms with E-state index in [1.165, 1.54) is 28.9 Å². The molecule has 0 aliphatic heterocycles. The van der Waals surface area contributed by atoms with Gasteiger partial charge in [-0.05, 0) is 0 Å². The van der Waals surface area contributed by atoms with E-state index < -0.39 is 16.8 Å². The fourth-order valence-electron chi connectivity index (χ4n) is 0.118. The SMILES string of the molecule is CC(C)(C)[O-].CC(C)(C)[O-].CC(C)(C)[O-].CCC=[CH][Sn+3]. The summed E-state index contributed by atoms with van der Waals surface area (Å²) in [5.74, 6) is 0. The number of allylic oxidation sites excluding steroid dienone is 1. The van der Waals surface area contributed by atoms with Gasteiger partial charge in [0.2, 0.25) is 0 Å². The van der Waals surface area contributed by atoms with E-state index in [0.717, 1.165) is 0 Å². The maximum absolute atomic E-state index is 10.1. The molecule has 0 spiro atoms. The van der Waals surface area contributed by atoms with Gasteiger partial charge in [0, 0.05) is 0 Å². The first-order chi connectivity index (χ1) is 8.41. The minimum absolute atomic E-state index is 0.750. The van der Waals surface area contributed by atoms with Crippen LogP contribution in [0.15, 0.2) is 10.2 Å². The Kier molecular flexibility index (Phi) is 20.5. The van der Waals surface area contributed by atoms with Crippen molar-refractivity contribution in [1.82, 2.24) is 0 Å². The monoisotopic (exact) mass is 394 g/mol. The van der Waals surface area contributed by atoms with Crippen molar-refractivity contribution in [2.24, 2.45) is 0 Å². The number of rotatable bonds is 1. The molecular weight excluding hydrogens is 359 g/mol. The van der Waals surface area contributed by atoms with Gasteiger partial charge in [0.15, 0.2) is 0 Å². The first-order valence-electron chi connectivity index (χ1n) is 6.85. The molecule has 0 saturated heterocycles. The second-order valence-corrected chi connectivity index (χ2v) is 8.10. The molecule has 0 fully saturated rings. The minimum atomic E-state index is -0.750. The van der Waals surface area contributed by atoms with E-state index >= 15 is 0 Å². The molecule has 0 aromatic carbocycles. The van der Waals surface area contributed by atoms with Gasteiger partial charge in [0.25, 0.3) is 0 Å². The third-order valence-electron chi connectivity index (χ3n) is 0.354. The molecule has 0 rings (SSSR count). The van der Waals surface area contributed by atoms with Crippen LogP contribution in [0.25, 0.3) is 0 Å². The number of hydrogen-bond acceptors (Lipinski definition) is 3. The van der Waals surface area contributed by atoms with Crippen molar-refractivity contribution in [3.63, 3.8) is 0 Å². The number of hydrogen-bond donors (Lipinski definition) is 0. The molecule has 0 amide bonds. The molecule has 0 bridgehead atoms. The molecule has 0 aliphatic carbocycles. The van der Waals surface area contributed by atoms with Gasteiger partial charge in [-0.15, -0.1) is 16.8 Å². The van der Waals surface area contributed by atoms with Crippen molar-refractivity contribution in [2.75, 3.05) is 0 Å². The summed E-state index contributed by atoms with van der Waals surface area (Å²) >= 11 is 1.50. The Labute approximate surface area is 140 Å². The molecule has 120 valence electrons. The molecule has 0 N–H and O–H groups in total. The predicted octanol–water partition coefficient (Wildman–Crippen LogP) is 1.51. The molecule has 20 heavy (non-hydrogen) atoms. The van der Waals surface area contributed by atoms with E-state index in [1.54, 1.807) is 62.3 Å². The van der Waals surface area contributed by atoms with Crippen LogP contribution in [0, 0.1) is 0 Å². The molecule has 3 nitrogen and oxygen atoms in total. The Balaban J connectivity index is -0.0000000853. The summed E-state index contributed by atoms with van der Waals surface area (Å²) in [6.45, 7) is 16.8. The summed E-state index contributed by atoms with van der Waals surface area (Å²) in [6, 6.07) is 0. The molecule has 0 atom stereocenters. The van der Waals surface area contributed by atoms with Crippen molar-refractivity contribution in [2.45, 2.75) is 92.5 Å². The third kappa shape index (κ3) is 955. The van der Waals surface area contributed by atoms with Crippen LogP contribution in [0.5, 0.6) is 0 Å². The summed E-state index contributed by atoms with van der Waals surface area (Å²) in [6.07, 6.45) is 3.35. The van der Waals surface area contributed by atoms with E-state index in [0.29, 0.717) is 0 Å². The van der Waals surface area contributed by atoms with E-state index in [9.17, 15) is 15.3 Å². The van der Waals surface area contributed by atoms with Gasteiger partial charge in [-0.1, -0.05) is 62.3 Å². The van der Waals surface area contributed by atoms with Crippen LogP contribution in [-0.4, -0.2) is 39.3 Å².